The first-order chi connectivity index (χ1) is 14.6. The van der Waals surface area contributed by atoms with E-state index in [1.807, 2.05) is 30.0 Å². The Morgan fingerprint density at radius 3 is 2.59 bits per heavy atom. The highest BCUT2D eigenvalue weighted by Gasteiger charge is 2.26. The van der Waals surface area contributed by atoms with Gasteiger partial charge in [-0.25, -0.2) is 0 Å². The van der Waals surface area contributed by atoms with Crippen molar-refractivity contribution in [3.63, 3.8) is 0 Å². The Bertz CT molecular complexity index is 891. The minimum atomic E-state index is -0.865. The van der Waals surface area contributed by atoms with Crippen LogP contribution in [0, 0.1) is 11.8 Å². The molecule has 0 aliphatic carbocycles. The third kappa shape index (κ3) is 8.14. The fourth-order valence-electron chi connectivity index (χ4n) is 3.47. The summed E-state index contributed by atoms with van der Waals surface area (Å²) >= 11 is 1.86. The van der Waals surface area contributed by atoms with E-state index in [4.69, 9.17) is 9.47 Å². The van der Waals surface area contributed by atoms with E-state index in [9.17, 15) is 5.11 Å². The lowest BCUT2D eigenvalue weighted by atomic mass is 9.98. The number of ether oxygens (including phenoxy) is 2. The van der Waals surface area contributed by atoms with Gasteiger partial charge in [0.2, 0.25) is 0 Å². The lowest BCUT2D eigenvalue weighted by molar-refractivity contribution is 0.0925. The number of thioether (sulfide) groups is 1. The lowest BCUT2D eigenvalue weighted by Crippen LogP contribution is -2.31. The van der Waals surface area contributed by atoms with Gasteiger partial charge in [0.1, 0.15) is 12.2 Å². The molecule has 1 heterocycles. The molecule has 2 aromatic rings. The maximum Gasteiger partial charge on any atom is 0.162 e. The van der Waals surface area contributed by atoms with E-state index in [0.29, 0.717) is 30.9 Å². The van der Waals surface area contributed by atoms with Crippen LogP contribution in [-0.2, 0) is 13.0 Å². The third-order valence-electron chi connectivity index (χ3n) is 5.19. The van der Waals surface area contributed by atoms with Crippen molar-refractivity contribution in [3.05, 3.63) is 53.6 Å². The second kappa shape index (κ2) is 14.2. The van der Waals surface area contributed by atoms with Gasteiger partial charge < -0.3 is 25.4 Å². The lowest BCUT2D eigenvalue weighted by Gasteiger charge is -2.26. The molecule has 32 heavy (non-hydrogen) atoms. The zero-order chi connectivity index (χ0) is 21.2. The highest BCUT2D eigenvalue weighted by atomic mass is 35.5. The zero-order valence-electron chi connectivity index (χ0n) is 18.8. The molecule has 3 rings (SSSR count). The van der Waals surface area contributed by atoms with Gasteiger partial charge in [0.05, 0.1) is 7.11 Å². The summed E-state index contributed by atoms with van der Waals surface area (Å²) in [6.07, 6.45) is 3.61. The highest BCUT2D eigenvalue weighted by Crippen LogP contribution is 2.29. The Kier molecular flexibility index (Phi) is 12.4. The van der Waals surface area contributed by atoms with E-state index in [1.165, 1.54) is 11.3 Å². The maximum absolute atomic E-state index is 10.5. The summed E-state index contributed by atoms with van der Waals surface area (Å²) in [7, 11) is 1.63. The monoisotopic (exact) mass is 479 g/mol. The van der Waals surface area contributed by atoms with Crippen molar-refractivity contribution in [2.24, 2.45) is 0 Å². The normalized spacial score (nSPS) is 14.1. The average Bonchev–Trinajstić information content (AvgIpc) is 2.77. The van der Waals surface area contributed by atoms with Crippen molar-refractivity contribution in [1.29, 1.82) is 0 Å². The average molecular weight is 480 g/mol. The summed E-state index contributed by atoms with van der Waals surface area (Å²) < 4.78 is 11.3. The Labute approximate surface area is 202 Å². The molecular weight excluding hydrogens is 446 g/mol. The van der Waals surface area contributed by atoms with Gasteiger partial charge in [0.25, 0.3) is 0 Å². The Hall–Kier alpha value is -2.04. The van der Waals surface area contributed by atoms with Gasteiger partial charge in [0.15, 0.2) is 11.5 Å². The van der Waals surface area contributed by atoms with Crippen LogP contribution in [0.2, 0.25) is 0 Å². The number of aliphatic hydroxyl groups is 1. The molecule has 0 amide bonds. The standard InChI is InChI=1S/C25H31NO3S.ClH.H2O/c1-3-7-21-8-4-5-9-22(21)26-19-20-10-11-23(28-2)24(18-20)29-15-6-12-25(27)13-16-30-17-14-25;;/h4-5,8-11,18,26-27H,3,7,13-17,19H2,1-2H3;1H;1H2. The molecule has 1 aliphatic heterocycles. The summed E-state index contributed by atoms with van der Waals surface area (Å²) in [5.74, 6) is 9.25. The summed E-state index contributed by atoms with van der Waals surface area (Å²) in [5, 5.41) is 14.0. The Balaban J connectivity index is 0.00000256. The molecule has 176 valence electrons. The quantitative estimate of drug-likeness (QED) is 0.545. The molecule has 1 saturated heterocycles. The number of hydrogen-bond donors (Lipinski definition) is 2. The van der Waals surface area contributed by atoms with E-state index in [-0.39, 0.29) is 24.5 Å². The molecule has 0 radical (unpaired) electrons. The number of halogens is 1. The molecule has 0 unspecified atom stereocenters. The van der Waals surface area contributed by atoms with Gasteiger partial charge in [-0.1, -0.05) is 49.5 Å². The number of hydrogen-bond acceptors (Lipinski definition) is 5. The molecule has 0 aromatic heterocycles. The smallest absolute Gasteiger partial charge is 0.162 e. The number of rotatable bonds is 8. The molecule has 4 N–H and O–H groups in total. The first-order valence-electron chi connectivity index (χ1n) is 10.5. The van der Waals surface area contributed by atoms with E-state index in [2.05, 4.69) is 48.3 Å². The second-order valence-electron chi connectivity index (χ2n) is 7.48. The largest absolute Gasteiger partial charge is 0.493 e. The number of methoxy groups -OCH3 is 1. The Morgan fingerprint density at radius 2 is 1.88 bits per heavy atom. The predicted molar refractivity (Wildman–Crippen MR) is 136 cm³/mol. The molecule has 0 saturated carbocycles. The first-order valence-corrected chi connectivity index (χ1v) is 11.7. The minimum Gasteiger partial charge on any atom is -0.493 e. The third-order valence-corrected chi connectivity index (χ3v) is 6.17. The van der Waals surface area contributed by atoms with Gasteiger partial charge in [-0.15, -0.1) is 12.4 Å². The van der Waals surface area contributed by atoms with Gasteiger partial charge in [-0.3, -0.25) is 0 Å². The van der Waals surface area contributed by atoms with E-state index >= 15 is 0 Å². The van der Waals surface area contributed by atoms with Crippen molar-refractivity contribution in [1.82, 2.24) is 0 Å². The van der Waals surface area contributed by atoms with Gasteiger partial charge in [-0.2, -0.15) is 11.8 Å². The topological polar surface area (TPSA) is 82.2 Å². The van der Waals surface area contributed by atoms with Crippen molar-refractivity contribution in [2.45, 2.75) is 44.8 Å². The number of nitrogens with one attached hydrogen (secondary N) is 1. The zero-order valence-corrected chi connectivity index (χ0v) is 20.4. The number of para-hydroxylation sites is 1. The first kappa shape index (κ1) is 28.0. The molecule has 0 atom stereocenters. The molecule has 1 aliphatic rings. The Morgan fingerprint density at radius 1 is 1.12 bits per heavy atom. The van der Waals surface area contributed by atoms with Crippen molar-refractivity contribution >= 4 is 29.9 Å². The van der Waals surface area contributed by atoms with E-state index in [1.54, 1.807) is 7.11 Å². The van der Waals surface area contributed by atoms with E-state index < -0.39 is 5.60 Å². The predicted octanol–water partition coefficient (Wildman–Crippen LogP) is 4.50. The summed E-state index contributed by atoms with van der Waals surface area (Å²) in [6, 6.07) is 14.4. The van der Waals surface area contributed by atoms with Crippen LogP contribution in [0.5, 0.6) is 11.5 Å². The summed E-state index contributed by atoms with van der Waals surface area (Å²) in [6.45, 7) is 3.12. The van der Waals surface area contributed by atoms with Crippen LogP contribution in [0.25, 0.3) is 0 Å². The minimum absolute atomic E-state index is 0. The summed E-state index contributed by atoms with van der Waals surface area (Å²) in [4.78, 5) is 0. The van der Waals surface area contributed by atoms with Gasteiger partial charge in [0, 0.05) is 12.2 Å². The van der Waals surface area contributed by atoms with Gasteiger partial charge >= 0.3 is 0 Å². The highest BCUT2D eigenvalue weighted by molar-refractivity contribution is 7.99. The number of benzene rings is 2. The molecule has 0 spiro atoms. The van der Waals surface area contributed by atoms with Crippen LogP contribution in [0.4, 0.5) is 5.69 Å². The van der Waals surface area contributed by atoms with Crippen molar-refractivity contribution < 1.29 is 20.1 Å². The molecule has 1 fully saturated rings. The molecule has 0 bridgehead atoms. The van der Waals surface area contributed by atoms with Crippen molar-refractivity contribution in [2.75, 3.05) is 30.5 Å². The van der Waals surface area contributed by atoms with Crippen LogP contribution >= 0.6 is 24.2 Å². The fourth-order valence-corrected chi connectivity index (χ4v) is 4.64. The van der Waals surface area contributed by atoms with Crippen LogP contribution in [0.1, 0.15) is 37.3 Å². The fraction of sp³-hybridized carbons (Fsp3) is 0.440. The van der Waals surface area contributed by atoms with E-state index in [0.717, 1.165) is 29.9 Å². The van der Waals surface area contributed by atoms with Crippen LogP contribution in [-0.4, -0.2) is 41.4 Å². The molecule has 2 aromatic carbocycles. The molecule has 5 nitrogen and oxygen atoms in total. The SMILES string of the molecule is CCCc1ccccc1NCc1ccc(OC)c(OCC#CC2(O)CCSCC2)c1.Cl.O. The van der Waals surface area contributed by atoms with Gasteiger partial charge in [-0.05, 0) is 60.1 Å². The van der Waals surface area contributed by atoms with Crippen LogP contribution < -0.4 is 14.8 Å². The van der Waals surface area contributed by atoms with Crippen molar-refractivity contribution in [3.8, 4) is 23.3 Å². The number of aryl methyl sites for hydroxylation is 1. The van der Waals surface area contributed by atoms with Crippen LogP contribution in [0.15, 0.2) is 42.5 Å². The molecular formula is C25H34ClNO4S. The summed E-state index contributed by atoms with van der Waals surface area (Å²) in [5.41, 5.74) is 2.74. The number of anilines is 1. The second-order valence-corrected chi connectivity index (χ2v) is 8.71. The molecule has 7 heteroatoms. The maximum atomic E-state index is 10.5. The van der Waals surface area contributed by atoms with Crippen LogP contribution in [0.3, 0.4) is 0 Å².